The molecule has 1 aliphatic carbocycles. The van der Waals surface area contributed by atoms with Crippen LogP contribution in [0.2, 0.25) is 0 Å². The molecule has 0 aromatic heterocycles. The van der Waals surface area contributed by atoms with Gasteiger partial charge in [-0.05, 0) is 52.0 Å². The molecule has 0 bridgehead atoms. The zero-order valence-electron chi connectivity index (χ0n) is 16.9. The molecule has 0 unspecified atom stereocenters. The normalized spacial score (nSPS) is 14.1. The summed E-state index contributed by atoms with van der Waals surface area (Å²) in [6.07, 6.45) is 9.64. The van der Waals surface area contributed by atoms with E-state index in [1.165, 1.54) is 39.8 Å². The molecule has 0 heterocycles. The molecule has 0 amide bonds. The van der Waals surface area contributed by atoms with Gasteiger partial charge in [0.1, 0.15) is 0 Å². The quantitative estimate of drug-likeness (QED) is 0.244. The minimum atomic E-state index is -0.125. The van der Waals surface area contributed by atoms with E-state index in [1.54, 1.807) is 6.08 Å². The van der Waals surface area contributed by atoms with E-state index in [9.17, 15) is 9.59 Å². The Labute approximate surface area is 184 Å². The zero-order chi connectivity index (χ0) is 21.5. The summed E-state index contributed by atoms with van der Waals surface area (Å²) in [4.78, 5) is 24.4. The predicted molar refractivity (Wildman–Crippen MR) is 114 cm³/mol. The predicted octanol–water partition coefficient (Wildman–Crippen LogP) is 4.98. The molecule has 0 saturated carbocycles. The third kappa shape index (κ3) is 16.9. The van der Waals surface area contributed by atoms with Crippen molar-refractivity contribution in [1.82, 2.24) is 0 Å². The van der Waals surface area contributed by atoms with Gasteiger partial charge in [-0.1, -0.05) is 30.4 Å². The van der Waals surface area contributed by atoms with Gasteiger partial charge in [0.05, 0.1) is 28.6 Å². The number of nitrogens with one attached hydrogen (secondary N) is 1. The molecular formula is C22H26N2O4Ru. The van der Waals surface area contributed by atoms with E-state index in [2.05, 4.69) is 4.99 Å². The number of hydrogen-bond acceptors (Lipinski definition) is 6. The second-order valence-corrected chi connectivity index (χ2v) is 5.76. The monoisotopic (exact) mass is 484 g/mol. The van der Waals surface area contributed by atoms with E-state index in [0.29, 0.717) is 11.4 Å². The van der Waals surface area contributed by atoms with Crippen LogP contribution in [0, 0.1) is 5.41 Å². The number of carbonyl (C=O) groups excluding carboxylic acids is 2. The third-order valence-electron chi connectivity index (χ3n) is 2.73. The summed E-state index contributed by atoms with van der Waals surface area (Å²) >= 11 is 0. The molecule has 0 radical (unpaired) electrons. The molecule has 156 valence electrons. The van der Waals surface area contributed by atoms with E-state index < -0.39 is 0 Å². The van der Waals surface area contributed by atoms with Crippen LogP contribution in [-0.4, -0.2) is 33.2 Å². The van der Waals surface area contributed by atoms with Crippen molar-refractivity contribution in [2.45, 2.75) is 27.7 Å². The summed E-state index contributed by atoms with van der Waals surface area (Å²) in [7, 11) is 0. The zero-order valence-corrected chi connectivity index (χ0v) is 18.6. The molecule has 0 atom stereocenters. The van der Waals surface area contributed by atoms with Crippen LogP contribution in [0.3, 0.4) is 0 Å². The van der Waals surface area contributed by atoms with Crippen LogP contribution in [0.4, 0.5) is 5.69 Å². The molecule has 0 spiro atoms. The van der Waals surface area contributed by atoms with Crippen molar-refractivity contribution < 1.29 is 39.3 Å². The molecule has 1 aromatic rings. The van der Waals surface area contributed by atoms with Crippen LogP contribution >= 0.6 is 0 Å². The number of allylic oxidation sites excluding steroid dienone is 8. The summed E-state index contributed by atoms with van der Waals surface area (Å²) in [5, 5.41) is 24.4. The molecule has 0 fully saturated rings. The fourth-order valence-electron chi connectivity index (χ4n) is 1.80. The Morgan fingerprint density at radius 1 is 0.862 bits per heavy atom. The number of aliphatic hydroxyl groups is 2. The number of ketones is 2. The second-order valence-electron chi connectivity index (χ2n) is 5.76. The smallest absolute Gasteiger partial charge is 0.155 e. The van der Waals surface area contributed by atoms with Gasteiger partial charge in [-0.3, -0.25) is 15.0 Å². The van der Waals surface area contributed by atoms with Crippen molar-refractivity contribution in [2.24, 2.45) is 4.99 Å². The van der Waals surface area contributed by atoms with E-state index in [4.69, 9.17) is 15.6 Å². The van der Waals surface area contributed by atoms with Gasteiger partial charge < -0.3 is 10.2 Å². The van der Waals surface area contributed by atoms with Crippen LogP contribution in [0.5, 0.6) is 0 Å². The van der Waals surface area contributed by atoms with Crippen molar-refractivity contribution in [3.8, 4) is 0 Å². The van der Waals surface area contributed by atoms with Gasteiger partial charge >= 0.3 is 0 Å². The molecule has 29 heavy (non-hydrogen) atoms. The average molecular weight is 484 g/mol. The molecule has 0 saturated heterocycles. The number of hydrogen-bond donors (Lipinski definition) is 3. The number of rotatable bonds is 3. The van der Waals surface area contributed by atoms with Crippen molar-refractivity contribution in [3.63, 3.8) is 0 Å². The molecule has 6 nitrogen and oxygen atoms in total. The first-order chi connectivity index (χ1) is 13.1. The van der Waals surface area contributed by atoms with E-state index in [-0.39, 0.29) is 42.6 Å². The topological polar surface area (TPSA) is 111 Å². The first kappa shape index (κ1) is 28.3. The van der Waals surface area contributed by atoms with Gasteiger partial charge in [-0.2, -0.15) is 0 Å². The molecule has 1 aliphatic rings. The molecule has 3 N–H and O–H groups in total. The fourth-order valence-corrected chi connectivity index (χ4v) is 1.80. The molecule has 0 aliphatic heterocycles. The van der Waals surface area contributed by atoms with Crippen molar-refractivity contribution >= 4 is 28.7 Å². The van der Waals surface area contributed by atoms with Gasteiger partial charge in [0.25, 0.3) is 0 Å². The summed E-state index contributed by atoms with van der Waals surface area (Å²) in [5.41, 5.74) is 2.04. The Morgan fingerprint density at radius 2 is 1.31 bits per heavy atom. The summed E-state index contributed by atoms with van der Waals surface area (Å²) < 4.78 is 0. The Bertz CT molecular complexity index is 800. The molecule has 1 aromatic carbocycles. The first-order valence-corrected chi connectivity index (χ1v) is 8.45. The summed E-state index contributed by atoms with van der Waals surface area (Å²) in [6, 6.07) is 9.67. The van der Waals surface area contributed by atoms with Crippen LogP contribution in [0.25, 0.3) is 0 Å². The summed E-state index contributed by atoms with van der Waals surface area (Å²) in [5.74, 6) is -0.125. The number of nitrogens with zero attached hydrogens (tertiary/aromatic N) is 1. The van der Waals surface area contributed by atoms with Gasteiger partial charge in [0.2, 0.25) is 0 Å². The number of benzene rings is 1. The Morgan fingerprint density at radius 3 is 1.66 bits per heavy atom. The number of aliphatic imine (C=N–C) groups is 1. The standard InChI is InChI=1S/C12H10N2.2C5H8O2.Ru/c13-11-8-4-5-9-12(11)14-10-6-2-1-3-7-10;2*1-4(6)3-5(2)7;/h1-9,13H;2*3,6H,1-2H3;/b;2*4-3-;. The van der Waals surface area contributed by atoms with Crippen LogP contribution in [-0.2, 0) is 29.1 Å². The van der Waals surface area contributed by atoms with Crippen molar-refractivity contribution in [1.29, 1.82) is 5.41 Å². The van der Waals surface area contributed by atoms with Crippen LogP contribution in [0.1, 0.15) is 27.7 Å². The third-order valence-corrected chi connectivity index (χ3v) is 2.73. The maximum Gasteiger partial charge on any atom is 0.155 e. The number of para-hydroxylation sites is 1. The Hall–Kier alpha value is -2.92. The van der Waals surface area contributed by atoms with Gasteiger partial charge in [-0.25, -0.2) is 4.99 Å². The number of aliphatic hydroxyl groups excluding tert-OH is 2. The minimum absolute atomic E-state index is 0. The Kier molecular flexibility index (Phi) is 15.7. The minimum Gasteiger partial charge on any atom is -0.512 e. The summed E-state index contributed by atoms with van der Waals surface area (Å²) in [6.45, 7) is 5.70. The van der Waals surface area contributed by atoms with Gasteiger partial charge in [0.15, 0.2) is 11.6 Å². The average Bonchev–Trinajstić information content (AvgIpc) is 2.56. The van der Waals surface area contributed by atoms with E-state index >= 15 is 0 Å². The molecule has 7 heteroatoms. The van der Waals surface area contributed by atoms with Crippen LogP contribution in [0.15, 0.2) is 83.3 Å². The fraction of sp³-hybridized carbons (Fsp3) is 0.182. The Balaban J connectivity index is 0. The molecule has 2 rings (SSSR count). The van der Waals surface area contributed by atoms with Crippen molar-refractivity contribution in [3.05, 3.63) is 78.3 Å². The maximum atomic E-state index is 10.0. The molecular weight excluding hydrogens is 457 g/mol. The second kappa shape index (κ2) is 16.1. The van der Waals surface area contributed by atoms with Crippen molar-refractivity contribution in [2.75, 3.05) is 0 Å². The SMILES string of the molecule is CC(=O)/C=C(/C)O.CC(=O)/C=C(/C)O.N=C1C=CC=CC1=Nc1ccccc1.[Ru]. The van der Waals surface area contributed by atoms with Crippen LogP contribution < -0.4 is 0 Å². The van der Waals surface area contributed by atoms with E-state index in [1.807, 2.05) is 48.6 Å². The largest absolute Gasteiger partial charge is 0.512 e. The first-order valence-electron chi connectivity index (χ1n) is 8.45. The maximum absolute atomic E-state index is 10.0. The number of carbonyl (C=O) groups is 2. The van der Waals surface area contributed by atoms with E-state index in [0.717, 1.165) is 5.69 Å². The van der Waals surface area contributed by atoms with Gasteiger partial charge in [0, 0.05) is 31.6 Å². The van der Waals surface area contributed by atoms with Gasteiger partial charge in [-0.15, -0.1) is 0 Å².